The summed E-state index contributed by atoms with van der Waals surface area (Å²) in [4.78, 5) is 43.3. The first kappa shape index (κ1) is 20.7. The van der Waals surface area contributed by atoms with Crippen LogP contribution in [0.15, 0.2) is 40.3 Å². The van der Waals surface area contributed by atoms with Crippen molar-refractivity contribution < 1.29 is 14.3 Å². The van der Waals surface area contributed by atoms with Gasteiger partial charge in [-0.1, -0.05) is 37.2 Å². The number of benzene rings is 1. The van der Waals surface area contributed by atoms with Gasteiger partial charge in [0.15, 0.2) is 5.16 Å². The minimum atomic E-state index is -0.528. The van der Waals surface area contributed by atoms with Crippen LogP contribution in [0.2, 0.25) is 0 Å². The Morgan fingerprint density at radius 1 is 1.30 bits per heavy atom. The van der Waals surface area contributed by atoms with E-state index in [2.05, 4.69) is 15.3 Å². The van der Waals surface area contributed by atoms with Crippen molar-refractivity contribution in [1.82, 2.24) is 9.97 Å². The molecule has 1 heterocycles. The molecule has 1 aromatic heterocycles. The number of aromatic nitrogens is 2. The molecule has 144 valence electrons. The lowest BCUT2D eigenvalue weighted by Crippen LogP contribution is -2.24. The number of esters is 1. The summed E-state index contributed by atoms with van der Waals surface area (Å²) >= 11 is 1.15. The van der Waals surface area contributed by atoms with Gasteiger partial charge in [0.1, 0.15) is 0 Å². The molecule has 0 bridgehead atoms. The third-order valence-corrected chi connectivity index (χ3v) is 4.60. The Balaban J connectivity index is 2.11. The van der Waals surface area contributed by atoms with E-state index in [1.54, 1.807) is 38.1 Å². The summed E-state index contributed by atoms with van der Waals surface area (Å²) < 4.78 is 5.01. The van der Waals surface area contributed by atoms with Crippen molar-refractivity contribution >= 4 is 29.3 Å². The average Bonchev–Trinajstić information content (AvgIpc) is 2.62. The second-order valence-corrected chi connectivity index (χ2v) is 7.14. The van der Waals surface area contributed by atoms with Crippen LogP contribution in [0.25, 0.3) is 0 Å². The number of H-pyrrole nitrogens is 1. The van der Waals surface area contributed by atoms with E-state index in [0.29, 0.717) is 28.5 Å². The molecule has 8 heteroatoms. The first-order valence-electron chi connectivity index (χ1n) is 8.78. The van der Waals surface area contributed by atoms with Crippen molar-refractivity contribution in [3.8, 4) is 0 Å². The van der Waals surface area contributed by atoms with E-state index < -0.39 is 11.2 Å². The number of carbonyl (C=O) groups excluding carboxylic acids is 2. The van der Waals surface area contributed by atoms with E-state index in [0.717, 1.165) is 18.2 Å². The number of hydrogen-bond donors (Lipinski definition) is 2. The predicted octanol–water partition coefficient (Wildman–Crippen LogP) is 3.02. The van der Waals surface area contributed by atoms with Crippen LogP contribution in [-0.4, -0.2) is 33.7 Å². The summed E-state index contributed by atoms with van der Waals surface area (Å²) in [6.07, 6.45) is 1.58. The quantitative estimate of drug-likeness (QED) is 0.409. The van der Waals surface area contributed by atoms with Crippen LogP contribution in [0.5, 0.6) is 0 Å². The smallest absolute Gasteiger partial charge is 0.340 e. The van der Waals surface area contributed by atoms with Gasteiger partial charge in [-0.05, 0) is 32.4 Å². The van der Waals surface area contributed by atoms with Gasteiger partial charge in [-0.3, -0.25) is 9.59 Å². The van der Waals surface area contributed by atoms with Crippen LogP contribution in [0.4, 0.5) is 5.69 Å². The van der Waals surface area contributed by atoms with Crippen LogP contribution < -0.4 is 10.9 Å². The van der Waals surface area contributed by atoms with E-state index >= 15 is 0 Å². The molecule has 2 N–H and O–H groups in total. The standard InChI is InChI=1S/C19H23N3O4S/c1-4-8-13-11-16(23)22-19(20-13)27-12(3)17(24)21-15-10-7-6-9-14(15)18(25)26-5-2/h6-7,9-12H,4-5,8H2,1-3H3,(H,21,24)(H,20,22,23). The molecule has 27 heavy (non-hydrogen) atoms. The topological polar surface area (TPSA) is 101 Å². The first-order valence-corrected chi connectivity index (χ1v) is 9.66. The van der Waals surface area contributed by atoms with Gasteiger partial charge in [-0.15, -0.1) is 0 Å². The van der Waals surface area contributed by atoms with Gasteiger partial charge >= 0.3 is 5.97 Å². The van der Waals surface area contributed by atoms with Crippen molar-refractivity contribution in [2.75, 3.05) is 11.9 Å². The van der Waals surface area contributed by atoms with Crippen LogP contribution in [0, 0.1) is 0 Å². The third kappa shape index (κ3) is 5.96. The summed E-state index contributed by atoms with van der Waals surface area (Å²) in [7, 11) is 0. The highest BCUT2D eigenvalue weighted by Gasteiger charge is 2.19. The maximum atomic E-state index is 12.5. The zero-order chi connectivity index (χ0) is 19.8. The molecule has 1 amide bonds. The molecule has 0 radical (unpaired) electrons. The number of hydrogen-bond acceptors (Lipinski definition) is 6. The number of thioether (sulfide) groups is 1. The fourth-order valence-corrected chi connectivity index (χ4v) is 3.19. The molecular weight excluding hydrogens is 366 g/mol. The Labute approximate surface area is 161 Å². The van der Waals surface area contributed by atoms with E-state index in [9.17, 15) is 14.4 Å². The highest BCUT2D eigenvalue weighted by molar-refractivity contribution is 8.00. The molecule has 0 saturated heterocycles. The molecule has 0 aliphatic rings. The number of aromatic amines is 1. The summed E-state index contributed by atoms with van der Waals surface area (Å²) in [5.41, 5.74) is 1.14. The van der Waals surface area contributed by atoms with Gasteiger partial charge in [0.05, 0.1) is 23.1 Å². The second kappa shape index (κ2) is 9.91. The van der Waals surface area contributed by atoms with E-state index in [-0.39, 0.29) is 18.1 Å². The highest BCUT2D eigenvalue weighted by Crippen LogP contribution is 2.22. The molecular formula is C19H23N3O4S. The normalized spacial score (nSPS) is 11.7. The van der Waals surface area contributed by atoms with Crippen molar-refractivity contribution in [3.05, 3.63) is 51.9 Å². The third-order valence-electron chi connectivity index (χ3n) is 3.62. The SMILES string of the molecule is CCCc1cc(=O)[nH]c(SC(C)C(=O)Nc2ccccc2C(=O)OCC)n1. The molecule has 0 saturated carbocycles. The Bertz CT molecular complexity index is 866. The monoisotopic (exact) mass is 389 g/mol. The minimum Gasteiger partial charge on any atom is -0.462 e. The number of amides is 1. The summed E-state index contributed by atoms with van der Waals surface area (Å²) in [5.74, 6) is -0.799. The van der Waals surface area contributed by atoms with Crippen LogP contribution in [-0.2, 0) is 16.0 Å². The minimum absolute atomic E-state index is 0.240. The molecule has 0 spiro atoms. The zero-order valence-electron chi connectivity index (χ0n) is 15.6. The summed E-state index contributed by atoms with van der Waals surface area (Å²) in [6.45, 7) is 5.69. The molecule has 7 nitrogen and oxygen atoms in total. The first-order chi connectivity index (χ1) is 12.9. The van der Waals surface area contributed by atoms with Crippen molar-refractivity contribution in [2.24, 2.45) is 0 Å². The number of nitrogens with zero attached hydrogens (tertiary/aromatic N) is 1. The summed E-state index contributed by atoms with van der Waals surface area (Å²) in [5, 5.41) is 2.61. The number of ether oxygens (including phenoxy) is 1. The number of anilines is 1. The Morgan fingerprint density at radius 2 is 2.04 bits per heavy atom. The zero-order valence-corrected chi connectivity index (χ0v) is 16.4. The van der Waals surface area contributed by atoms with Gasteiger partial charge < -0.3 is 15.0 Å². The molecule has 1 atom stereocenters. The summed E-state index contributed by atoms with van der Waals surface area (Å²) in [6, 6.07) is 8.13. The van der Waals surface area contributed by atoms with Crippen molar-refractivity contribution in [3.63, 3.8) is 0 Å². The van der Waals surface area contributed by atoms with E-state index in [1.165, 1.54) is 6.07 Å². The van der Waals surface area contributed by atoms with E-state index in [1.807, 2.05) is 6.92 Å². The lowest BCUT2D eigenvalue weighted by Gasteiger charge is -2.14. The fourth-order valence-electron chi connectivity index (χ4n) is 2.36. The van der Waals surface area contributed by atoms with Gasteiger partial charge in [0.2, 0.25) is 5.91 Å². The maximum absolute atomic E-state index is 12.5. The van der Waals surface area contributed by atoms with Crippen LogP contribution >= 0.6 is 11.8 Å². The lowest BCUT2D eigenvalue weighted by molar-refractivity contribution is -0.115. The van der Waals surface area contributed by atoms with Gasteiger partial charge in [-0.25, -0.2) is 9.78 Å². The van der Waals surface area contributed by atoms with Gasteiger partial charge in [0, 0.05) is 11.8 Å². The Kier molecular flexibility index (Phi) is 7.60. The van der Waals surface area contributed by atoms with Crippen molar-refractivity contribution in [2.45, 2.75) is 44.0 Å². The largest absolute Gasteiger partial charge is 0.462 e. The lowest BCUT2D eigenvalue weighted by atomic mass is 10.1. The highest BCUT2D eigenvalue weighted by atomic mass is 32.2. The number of para-hydroxylation sites is 1. The Hall–Kier alpha value is -2.61. The van der Waals surface area contributed by atoms with Crippen LogP contribution in [0.1, 0.15) is 43.2 Å². The molecule has 2 aromatic rings. The number of carbonyl (C=O) groups is 2. The van der Waals surface area contributed by atoms with Crippen molar-refractivity contribution in [1.29, 1.82) is 0 Å². The second-order valence-electron chi connectivity index (χ2n) is 5.81. The van der Waals surface area contributed by atoms with Gasteiger partial charge in [0.25, 0.3) is 5.56 Å². The average molecular weight is 389 g/mol. The van der Waals surface area contributed by atoms with Crippen LogP contribution in [0.3, 0.4) is 0 Å². The number of aryl methyl sites for hydroxylation is 1. The Morgan fingerprint density at radius 3 is 2.74 bits per heavy atom. The number of rotatable bonds is 8. The van der Waals surface area contributed by atoms with E-state index in [4.69, 9.17) is 4.74 Å². The molecule has 1 aromatic carbocycles. The molecule has 0 aliphatic carbocycles. The molecule has 0 aliphatic heterocycles. The molecule has 1 unspecified atom stereocenters. The number of nitrogens with one attached hydrogen (secondary N) is 2. The molecule has 2 rings (SSSR count). The predicted molar refractivity (Wildman–Crippen MR) is 105 cm³/mol. The molecule has 0 fully saturated rings. The maximum Gasteiger partial charge on any atom is 0.340 e. The van der Waals surface area contributed by atoms with Gasteiger partial charge in [-0.2, -0.15) is 0 Å². The fraction of sp³-hybridized carbons (Fsp3) is 0.368.